The third-order valence-electron chi connectivity index (χ3n) is 0.647. The van der Waals surface area contributed by atoms with Crippen molar-refractivity contribution in [2.45, 2.75) is 12.9 Å². The summed E-state index contributed by atoms with van der Waals surface area (Å²) in [6.07, 6.45) is 0. The van der Waals surface area contributed by atoms with Crippen LogP contribution in [0, 0.1) is 0 Å². The van der Waals surface area contributed by atoms with Crippen molar-refractivity contribution in [3.63, 3.8) is 0 Å². The molecule has 0 aromatic heterocycles. The number of carboxylic acid groups (broad SMARTS) is 1. The highest BCUT2D eigenvalue weighted by atomic mass is 16.4. The molecule has 0 aliphatic carbocycles. The zero-order chi connectivity index (χ0) is 6.57. The average molecular weight is 104 g/mol. The Morgan fingerprint density at radius 3 is 2.71 bits per heavy atom. The summed E-state index contributed by atoms with van der Waals surface area (Å²) in [6.45, 7) is -0.119. The molecule has 0 fully saturated rings. The second-order valence-electron chi connectivity index (χ2n) is 1.18. The van der Waals surface area contributed by atoms with E-state index in [4.69, 9.17) is 6.48 Å². The van der Waals surface area contributed by atoms with Crippen LogP contribution in [0.25, 0.3) is 0 Å². The van der Waals surface area contributed by atoms with E-state index in [0.29, 0.717) is 0 Å². The molecular formula is C4H9NO2. The molecule has 0 aliphatic heterocycles. The number of nitrogens with one attached hydrogen (secondary N) is 1. The van der Waals surface area contributed by atoms with E-state index in [-0.39, 0.29) is 6.90 Å². The zero-order valence-electron chi connectivity index (χ0n) is 5.14. The van der Waals surface area contributed by atoms with Crippen LogP contribution < -0.4 is 5.32 Å². The number of hydrogen-bond acceptors (Lipinski definition) is 2. The van der Waals surface area contributed by atoms with Crippen molar-refractivity contribution in [2.75, 3.05) is 7.05 Å². The average Bonchev–Trinajstić information content (AvgIpc) is 1.69. The van der Waals surface area contributed by atoms with Crippen molar-refractivity contribution in [1.29, 1.82) is 0 Å². The predicted octanol–water partition coefficient (Wildman–Crippen LogP) is -0.321. The molecule has 1 atom stereocenters. The molecule has 42 valence electrons. The van der Waals surface area contributed by atoms with Gasteiger partial charge in [-0.2, -0.15) is 0 Å². The molecule has 2 N–H and O–H groups in total. The minimum atomic E-state index is -0.970. The van der Waals surface area contributed by atoms with Gasteiger partial charge >= 0.3 is 5.97 Å². The fourth-order valence-corrected chi connectivity index (χ4v) is 0.123. The monoisotopic (exact) mass is 104 g/mol. The molecule has 0 unspecified atom stereocenters. The van der Waals surface area contributed by atoms with Gasteiger partial charge in [0.2, 0.25) is 0 Å². The Bertz CT molecular complexity index is 82.1. The van der Waals surface area contributed by atoms with Crippen LogP contribution in [0.5, 0.6) is 0 Å². The third kappa shape index (κ3) is 2.17. The second kappa shape index (κ2) is 2.58. The lowest BCUT2D eigenvalue weighted by Crippen LogP contribution is -2.29. The molecule has 0 rings (SSSR count). The molecule has 0 bridgehead atoms. The zero-order valence-corrected chi connectivity index (χ0v) is 4.14. The molecule has 3 nitrogen and oxygen atoms in total. The maximum atomic E-state index is 9.98. The summed E-state index contributed by atoms with van der Waals surface area (Å²) in [7, 11) is 1.52. The second-order valence-corrected chi connectivity index (χ2v) is 1.18. The highest BCUT2D eigenvalue weighted by Gasteiger charge is 2.04. The van der Waals surface area contributed by atoms with Gasteiger partial charge in [0.05, 0.1) is 0 Å². The highest BCUT2D eigenvalue weighted by molar-refractivity contribution is 5.72. The Kier molecular flexibility index (Phi) is 1.69. The number of carbonyl (C=O) groups is 1. The van der Waals surface area contributed by atoms with Crippen LogP contribution in [-0.4, -0.2) is 24.2 Å². The summed E-state index contributed by atoms with van der Waals surface area (Å²) in [5, 5.41) is 10.7. The molecule has 0 aliphatic rings. The largest absolute Gasteiger partial charge is 0.480 e. The van der Waals surface area contributed by atoms with Crippen molar-refractivity contribution in [3.8, 4) is 0 Å². The number of rotatable bonds is 2. The molecule has 0 saturated carbocycles. The summed E-state index contributed by atoms with van der Waals surface area (Å²) < 4.78 is 6.65. The molecule has 0 spiro atoms. The minimum Gasteiger partial charge on any atom is -0.480 e. The van der Waals surface area contributed by atoms with E-state index in [1.54, 1.807) is 0 Å². The molecule has 0 radical (unpaired) electrons. The smallest absolute Gasteiger partial charge is 0.320 e. The van der Waals surface area contributed by atoms with Crippen LogP contribution in [0.15, 0.2) is 0 Å². The first kappa shape index (κ1) is 4.59. The molecule has 0 amide bonds. The number of carboxylic acids is 1. The summed E-state index contributed by atoms with van der Waals surface area (Å²) >= 11 is 0. The van der Waals surface area contributed by atoms with Crippen LogP contribution >= 0.6 is 0 Å². The Morgan fingerprint density at radius 2 is 2.71 bits per heavy atom. The van der Waals surface area contributed by atoms with Crippen molar-refractivity contribution in [2.24, 2.45) is 0 Å². The van der Waals surface area contributed by atoms with E-state index in [0.717, 1.165) is 0 Å². The normalized spacial score (nSPS) is 15.3. The van der Waals surface area contributed by atoms with Gasteiger partial charge in [0.15, 0.2) is 0 Å². The lowest BCUT2D eigenvalue weighted by molar-refractivity contribution is -0.138. The molecule has 0 aromatic rings. The molecular weight excluding hydrogens is 94.0 g/mol. The van der Waals surface area contributed by atoms with Gasteiger partial charge in [0, 0.05) is 1.37 Å². The maximum Gasteiger partial charge on any atom is 0.320 e. The van der Waals surface area contributed by atoms with Crippen molar-refractivity contribution < 1.29 is 11.3 Å². The van der Waals surface area contributed by atoms with E-state index >= 15 is 0 Å². The Hall–Kier alpha value is -0.570. The first-order valence-electron chi connectivity index (χ1n) is 2.62. The van der Waals surface area contributed by atoms with E-state index in [1.165, 1.54) is 7.05 Å². The molecule has 0 heterocycles. The van der Waals surface area contributed by atoms with E-state index in [9.17, 15) is 4.79 Å². The van der Waals surface area contributed by atoms with Gasteiger partial charge in [-0.05, 0) is 13.9 Å². The summed E-state index contributed by atoms with van der Waals surface area (Å²) in [5.41, 5.74) is 0. The lowest BCUT2D eigenvalue weighted by Gasteiger charge is -1.99. The van der Waals surface area contributed by atoms with Gasteiger partial charge in [-0.1, -0.05) is 0 Å². The van der Waals surface area contributed by atoms with Gasteiger partial charge in [-0.25, -0.2) is 0 Å². The molecule has 0 aromatic carbocycles. The quantitative estimate of drug-likeness (QED) is 0.504. The van der Waals surface area contributed by atoms with Gasteiger partial charge in [-0.15, -0.1) is 0 Å². The van der Waals surface area contributed by atoms with Crippen molar-refractivity contribution in [3.05, 3.63) is 0 Å². The van der Waals surface area contributed by atoms with Crippen molar-refractivity contribution >= 4 is 5.97 Å². The first-order valence-corrected chi connectivity index (χ1v) is 1.91. The Labute approximate surface area is 43.7 Å². The highest BCUT2D eigenvalue weighted by Crippen LogP contribution is 1.74. The van der Waals surface area contributed by atoms with E-state index < -0.39 is 12.0 Å². The van der Waals surface area contributed by atoms with E-state index in [1.807, 2.05) is 0 Å². The summed E-state index contributed by atoms with van der Waals surface area (Å²) in [5.74, 6) is -0.970. The fraction of sp³-hybridized carbons (Fsp3) is 0.750. The van der Waals surface area contributed by atoms with Crippen LogP contribution in [-0.2, 0) is 4.79 Å². The summed E-state index contributed by atoms with van der Waals surface area (Å²) in [4.78, 5) is 9.98. The van der Waals surface area contributed by atoms with Gasteiger partial charge in [-0.3, -0.25) is 4.79 Å². The predicted molar refractivity (Wildman–Crippen MR) is 26.2 cm³/mol. The van der Waals surface area contributed by atoms with Gasteiger partial charge in [0.1, 0.15) is 6.04 Å². The van der Waals surface area contributed by atoms with Crippen LogP contribution in [0.2, 0.25) is 0 Å². The topological polar surface area (TPSA) is 49.3 Å². The molecule has 7 heavy (non-hydrogen) atoms. The molecule has 3 heteroatoms. The van der Waals surface area contributed by atoms with Crippen LogP contribution in [0.3, 0.4) is 0 Å². The minimum absolute atomic E-state index is 0.119. The summed E-state index contributed by atoms with van der Waals surface area (Å²) in [6, 6.07) is -0.713. The Morgan fingerprint density at radius 1 is 2.14 bits per heavy atom. The fourth-order valence-electron chi connectivity index (χ4n) is 0.123. The number of hydrogen-bond donors (Lipinski definition) is 2. The number of likely N-dealkylation sites (N-methyl/N-ethyl adjacent to an activating group) is 1. The number of aliphatic carboxylic acids is 1. The standard InChI is InChI=1S/C4H9NO2/c1-3(5-2)4(6)7/h3,5H,1-2H3,(H,6,7)/t3-/m0/s1/i1D. The molecule has 0 saturated heterocycles. The van der Waals surface area contributed by atoms with Crippen LogP contribution in [0.4, 0.5) is 0 Å². The van der Waals surface area contributed by atoms with Crippen molar-refractivity contribution in [1.82, 2.24) is 5.32 Å². The van der Waals surface area contributed by atoms with E-state index in [2.05, 4.69) is 5.32 Å². The van der Waals surface area contributed by atoms with Gasteiger partial charge in [0.25, 0.3) is 0 Å². The third-order valence-corrected chi connectivity index (χ3v) is 0.647. The van der Waals surface area contributed by atoms with Crippen LogP contribution in [0.1, 0.15) is 8.27 Å². The first-order chi connectivity index (χ1) is 3.72. The van der Waals surface area contributed by atoms with Gasteiger partial charge < -0.3 is 10.4 Å². The maximum absolute atomic E-state index is 9.98. The SMILES string of the molecule is [2H]C[C@H](NC)C(=O)O. The Balaban J connectivity index is 3.52. The lowest BCUT2D eigenvalue weighted by atomic mass is 10.4.